The summed E-state index contributed by atoms with van der Waals surface area (Å²) < 4.78 is 45.4. The van der Waals surface area contributed by atoms with Crippen molar-refractivity contribution in [3.63, 3.8) is 0 Å². The van der Waals surface area contributed by atoms with Crippen molar-refractivity contribution in [1.82, 2.24) is 0 Å². The van der Waals surface area contributed by atoms with Gasteiger partial charge in [0, 0.05) is 98.0 Å². The summed E-state index contributed by atoms with van der Waals surface area (Å²) >= 11 is 17.8. The first-order chi connectivity index (χ1) is 49.7. The van der Waals surface area contributed by atoms with E-state index >= 15 is 0 Å². The molecule has 0 amide bonds. The topological polar surface area (TPSA) is 305 Å². The lowest BCUT2D eigenvalue weighted by Gasteiger charge is -2.06. The SMILES string of the molecule is C=C=C.CC(C)C.CC(C)COCCCSCCC(=O)O.CC(C)COCCCSCCN.CC(C)COCCCSCCS(=O)(=O)O.CCC.CCC.CCC.CCC.CCC.CCC.CCC.CSCC[NH+]=C(N)CCC(N)=[NH+]CCSC.CSCC[NH+]=C(N)CCS(=S)CCC(N)=[NH+]CCSC. The Morgan fingerprint density at radius 1 is 0.448 bits per heavy atom. The number of nitrogens with two attached hydrogens (primary N) is 5. The summed E-state index contributed by atoms with van der Waals surface area (Å²) in [5.74, 6) is 16.6. The van der Waals surface area contributed by atoms with Crippen LogP contribution in [0.1, 0.15) is 256 Å². The number of thioether (sulfide) groups is 7. The number of hydrogen-bond donors (Lipinski definition) is 11. The molecular weight excluding hydrogens is 1510 g/mol. The lowest BCUT2D eigenvalue weighted by Crippen LogP contribution is -2.77. The van der Waals surface area contributed by atoms with Gasteiger partial charge >= 0.3 is 5.97 Å². The molecule has 0 radical (unpaired) electrons. The summed E-state index contributed by atoms with van der Waals surface area (Å²) in [6, 6.07) is 0. The fraction of sp³-hybridized carbons (Fsp3) is 0.897. The summed E-state index contributed by atoms with van der Waals surface area (Å²) in [5, 5.41) is 8.38. The summed E-state index contributed by atoms with van der Waals surface area (Å²) in [5.41, 5.74) is 31.1. The van der Waals surface area contributed by atoms with Crippen LogP contribution in [0, 0.1) is 23.7 Å². The minimum absolute atomic E-state index is 0.0346. The van der Waals surface area contributed by atoms with Gasteiger partial charge < -0.3 is 25.1 Å². The van der Waals surface area contributed by atoms with Gasteiger partial charge in [0.05, 0.1) is 64.0 Å². The first-order valence-electron chi connectivity index (χ1n) is 39.0. The second kappa shape index (κ2) is 136. The molecule has 0 aliphatic heterocycles. The predicted octanol–water partition coefficient (Wildman–Crippen LogP) is 13.0. The third-order valence-electron chi connectivity index (χ3n) is 8.79. The van der Waals surface area contributed by atoms with Crippen LogP contribution in [0.4, 0.5) is 0 Å². The van der Waals surface area contributed by atoms with Gasteiger partial charge in [-0.1, -0.05) is 229 Å². The van der Waals surface area contributed by atoms with Crippen molar-refractivity contribution in [3.8, 4) is 0 Å². The van der Waals surface area contributed by atoms with Gasteiger partial charge in [0.2, 0.25) is 23.3 Å². The van der Waals surface area contributed by atoms with Crippen molar-refractivity contribution < 1.29 is 57.1 Å². The standard InChI is InChI=1S/C12H26N4S4.C10H22N4S2.C10H20O3S.C9H21NOS.C9H20O4S2.C4H10.7C3H8.C3H4/c1-18-7-5-15-11(13)3-9-20(17)10-4-12(14)16-6-8-19-2;1-15-7-5-13-9(11)3-4-10(12)14-6-8-16-2;1-9(2)8-13-5-3-6-14-7-4-10(11)12;1-9(2)8-11-5-3-6-12-7-4-10;1-9(2)8-13-4-3-5-14-6-7-15(10,11)12;1-4(2)3;8*1-3-2/h3-10H2,1-2H3,(H2,13,15)(H2,14,16);3-8H2,1-2H3,(H2,11,13)(H2,12,14);9H,3-8H2,1-2H3,(H,11,12);9H,3-8,10H2,1-2H3;9H,3-8H2,1-2H3,(H,10,11,12);4H,1-3H3;7*3H2,1-2H3;1-2H2/p+4. The average Bonchev–Trinajstić information content (AvgIpc) is 1.08. The van der Waals surface area contributed by atoms with Gasteiger partial charge in [-0.25, -0.2) is 0 Å². The van der Waals surface area contributed by atoms with E-state index in [1.807, 2.05) is 35.3 Å². The van der Waals surface area contributed by atoms with Gasteiger partial charge in [0.1, 0.15) is 0 Å². The number of hydrogen-bond acceptors (Lipinski definition) is 15. The third kappa shape index (κ3) is 241. The first kappa shape index (κ1) is 137. The van der Waals surface area contributed by atoms with E-state index in [0.29, 0.717) is 29.3 Å². The maximum atomic E-state index is 10.4. The molecule has 0 aliphatic rings. The monoisotopic (exact) mass is 1690 g/mol. The van der Waals surface area contributed by atoms with Crippen LogP contribution in [-0.2, 0) is 49.8 Å². The smallest absolute Gasteiger partial charge is 0.304 e. The molecule has 0 saturated heterocycles. The van der Waals surface area contributed by atoms with E-state index in [4.69, 9.17) is 63.7 Å². The highest BCUT2D eigenvalue weighted by atomic mass is 32.8. The molecule has 17 nitrogen and oxygen atoms in total. The van der Waals surface area contributed by atoms with Crippen LogP contribution in [0.5, 0.6) is 0 Å². The van der Waals surface area contributed by atoms with Crippen LogP contribution in [0.15, 0.2) is 18.9 Å². The Labute approximate surface area is 692 Å². The number of amidine groups is 4. The Kier molecular flexibility index (Phi) is 177. The molecule has 0 saturated carbocycles. The molecule has 0 aromatic rings. The lowest BCUT2D eigenvalue weighted by atomic mass is 10.2. The number of rotatable bonds is 47. The van der Waals surface area contributed by atoms with Crippen molar-refractivity contribution in [2.24, 2.45) is 52.3 Å². The molecule has 0 spiro atoms. The third-order valence-corrected chi connectivity index (χ3v) is 17.8. The molecule has 0 aromatic carbocycles. The first-order valence-corrected chi connectivity index (χ1v) is 52.1. The van der Waals surface area contributed by atoms with Crippen LogP contribution in [0.2, 0.25) is 0 Å². The zero-order valence-electron chi connectivity index (χ0n) is 73.6. The highest BCUT2D eigenvalue weighted by Crippen LogP contribution is 2.06. The number of ether oxygens (including phenoxy) is 3. The molecule has 0 aromatic heterocycles. The number of nitrogens with one attached hydrogen (secondary N) is 4. The summed E-state index contributed by atoms with van der Waals surface area (Å²) in [6.45, 7) is 64.7. The summed E-state index contributed by atoms with van der Waals surface area (Å²) in [4.78, 5) is 23.0. The Morgan fingerprint density at radius 3 is 0.886 bits per heavy atom. The molecule has 644 valence electrons. The molecular formula is C78H183N9O8S10+4. The highest BCUT2D eigenvalue weighted by molar-refractivity contribution is 8.28. The van der Waals surface area contributed by atoms with Crippen LogP contribution in [-0.4, -0.2) is 220 Å². The molecule has 27 heteroatoms. The number of carbonyl (C=O) groups is 1. The number of aliphatic carboxylic acids is 1. The van der Waals surface area contributed by atoms with Crippen LogP contribution >= 0.6 is 82.3 Å². The van der Waals surface area contributed by atoms with Crippen molar-refractivity contribution in [1.29, 1.82) is 0 Å². The predicted molar refractivity (Wildman–Crippen MR) is 504 cm³/mol. The van der Waals surface area contributed by atoms with Crippen LogP contribution < -0.4 is 48.6 Å². The van der Waals surface area contributed by atoms with Gasteiger partial charge in [0.25, 0.3) is 10.1 Å². The van der Waals surface area contributed by atoms with E-state index in [9.17, 15) is 13.2 Å². The Bertz CT molecular complexity index is 1730. The zero-order valence-corrected chi connectivity index (χ0v) is 81.8. The summed E-state index contributed by atoms with van der Waals surface area (Å²) in [6.07, 6.45) is 23.8. The van der Waals surface area contributed by atoms with E-state index in [0.717, 1.165) is 198 Å². The number of carboxylic acids is 1. The van der Waals surface area contributed by atoms with Gasteiger partial charge in [-0.3, -0.25) is 52.3 Å². The Balaban J connectivity index is -0.0000000755. The maximum absolute atomic E-state index is 10.4. The molecule has 0 bridgehead atoms. The molecule has 0 unspecified atom stereocenters. The minimum Gasteiger partial charge on any atom is -0.481 e. The molecule has 0 rings (SSSR count). The van der Waals surface area contributed by atoms with Crippen molar-refractivity contribution in [3.05, 3.63) is 18.9 Å². The quantitative estimate of drug-likeness (QED) is 0.00887. The Morgan fingerprint density at radius 2 is 0.676 bits per heavy atom. The molecule has 105 heavy (non-hydrogen) atoms. The van der Waals surface area contributed by atoms with Gasteiger partial charge in [-0.15, -0.1) is 15.2 Å². The van der Waals surface area contributed by atoms with Gasteiger partial charge in [-0.2, -0.15) is 90.8 Å². The molecule has 0 fully saturated rings. The summed E-state index contributed by atoms with van der Waals surface area (Å²) in [7, 11) is -3.82. The van der Waals surface area contributed by atoms with E-state index in [-0.39, 0.29) is 21.6 Å². The van der Waals surface area contributed by atoms with Crippen molar-refractivity contribution >= 4 is 142 Å². The molecule has 16 N–H and O–H groups in total. The van der Waals surface area contributed by atoms with Crippen molar-refractivity contribution in [2.45, 2.75) is 256 Å². The average molecular weight is 1700 g/mol. The van der Waals surface area contributed by atoms with Crippen LogP contribution in [0.25, 0.3) is 0 Å². The number of carboxylic acid groups (broad SMARTS) is 1. The van der Waals surface area contributed by atoms with Crippen molar-refractivity contribution in [2.75, 3.05) is 172 Å². The van der Waals surface area contributed by atoms with E-state index in [1.54, 1.807) is 35.3 Å². The normalized spacial score (nSPS) is 10.8. The lowest BCUT2D eigenvalue weighted by molar-refractivity contribution is -0.456. The van der Waals surface area contributed by atoms with Gasteiger partial charge in [0.15, 0.2) is 0 Å². The largest absolute Gasteiger partial charge is 0.481 e. The van der Waals surface area contributed by atoms with Gasteiger partial charge in [-0.05, 0) is 85.2 Å². The molecule has 0 atom stereocenters. The zero-order chi connectivity index (χ0) is 84.5. The fourth-order valence-corrected chi connectivity index (χ4v) is 11.1. The molecule has 0 heterocycles. The Hall–Kier alpha value is -0.360. The van der Waals surface area contributed by atoms with E-state index in [2.05, 4.69) is 223 Å². The maximum Gasteiger partial charge on any atom is 0.304 e. The minimum atomic E-state index is -3.78. The fourth-order valence-electron chi connectivity index (χ4n) is 4.89. The molecule has 0 aliphatic carbocycles. The van der Waals surface area contributed by atoms with E-state index in [1.165, 1.54) is 62.5 Å². The van der Waals surface area contributed by atoms with Crippen LogP contribution in [0.3, 0.4) is 0 Å². The second-order valence-corrected chi connectivity index (χ2v) is 37.4. The van der Waals surface area contributed by atoms with E-state index < -0.39 is 16.1 Å². The second-order valence-electron chi connectivity index (χ2n) is 25.1. The highest BCUT2D eigenvalue weighted by Gasteiger charge is 2.08.